The summed E-state index contributed by atoms with van der Waals surface area (Å²) in [6, 6.07) is 14.7. The summed E-state index contributed by atoms with van der Waals surface area (Å²) >= 11 is 5.99. The van der Waals surface area contributed by atoms with Gasteiger partial charge in [-0.25, -0.2) is 0 Å². The van der Waals surface area contributed by atoms with E-state index in [1.165, 1.54) is 16.6 Å². The number of aromatic nitrogens is 2. The molecule has 30 heavy (non-hydrogen) atoms. The molecular formula is C24H20ClN3O2. The van der Waals surface area contributed by atoms with Crippen molar-refractivity contribution in [1.82, 2.24) is 14.5 Å². The van der Waals surface area contributed by atoms with Crippen LogP contribution in [0.4, 0.5) is 0 Å². The number of nitrogens with one attached hydrogen (secondary N) is 1. The summed E-state index contributed by atoms with van der Waals surface area (Å²) in [5.74, 6) is 0. The van der Waals surface area contributed by atoms with Crippen LogP contribution in [0.15, 0.2) is 59.5 Å². The highest BCUT2D eigenvalue weighted by molar-refractivity contribution is 6.31. The van der Waals surface area contributed by atoms with Crippen LogP contribution in [-0.4, -0.2) is 22.0 Å². The highest BCUT2D eigenvalue weighted by atomic mass is 35.5. The molecule has 0 amide bonds. The molecule has 0 saturated heterocycles. The Balaban J connectivity index is 1.60. The summed E-state index contributed by atoms with van der Waals surface area (Å²) in [4.78, 5) is 24.3. The van der Waals surface area contributed by atoms with E-state index in [0.717, 1.165) is 37.0 Å². The van der Waals surface area contributed by atoms with Crippen molar-refractivity contribution in [2.24, 2.45) is 7.05 Å². The van der Waals surface area contributed by atoms with E-state index in [-0.39, 0.29) is 5.56 Å². The number of fused-ring (bicyclic) bond motifs is 3. The Morgan fingerprint density at radius 2 is 1.97 bits per heavy atom. The second-order valence-corrected chi connectivity index (χ2v) is 8.02. The first-order valence-corrected chi connectivity index (χ1v) is 10.2. The summed E-state index contributed by atoms with van der Waals surface area (Å²) in [6.45, 7) is 1.85. The molecule has 0 fully saturated rings. The smallest absolute Gasteiger partial charge is 0.255 e. The Bertz CT molecular complexity index is 1370. The van der Waals surface area contributed by atoms with Crippen molar-refractivity contribution in [3.8, 4) is 16.8 Å². The van der Waals surface area contributed by atoms with Gasteiger partial charge in [0.25, 0.3) is 5.56 Å². The number of carbonyl (C=O) groups excluding carboxylic acids is 1. The van der Waals surface area contributed by atoms with Crippen LogP contribution in [0.3, 0.4) is 0 Å². The topological polar surface area (TPSA) is 56.0 Å². The molecule has 3 heterocycles. The average Bonchev–Trinajstić information content (AvgIpc) is 3.05. The fourth-order valence-electron chi connectivity index (χ4n) is 4.38. The summed E-state index contributed by atoms with van der Waals surface area (Å²) < 4.78 is 3.84. The van der Waals surface area contributed by atoms with Crippen molar-refractivity contribution in [3.63, 3.8) is 0 Å². The van der Waals surface area contributed by atoms with Gasteiger partial charge in [0, 0.05) is 47.5 Å². The largest absolute Gasteiger partial charge is 0.346 e. The van der Waals surface area contributed by atoms with E-state index in [1.54, 1.807) is 35.0 Å². The van der Waals surface area contributed by atoms with Gasteiger partial charge >= 0.3 is 0 Å². The Labute approximate surface area is 178 Å². The van der Waals surface area contributed by atoms with Gasteiger partial charge in [0.15, 0.2) is 6.29 Å². The van der Waals surface area contributed by atoms with Gasteiger partial charge in [-0.3, -0.25) is 14.2 Å². The molecule has 5 rings (SSSR count). The van der Waals surface area contributed by atoms with Crippen LogP contribution in [0.5, 0.6) is 0 Å². The molecule has 0 bridgehead atoms. The summed E-state index contributed by atoms with van der Waals surface area (Å²) in [7, 11) is 2.07. The molecule has 1 N–H and O–H groups in total. The standard InChI is InChI=1S/C24H20ClN3O2/c1-27-22-12-18(3-5-20(22)21-6-8-26-13-23(21)27)28-9-7-15(11-24(28)30)19-4-2-17(25)10-16(19)14-29/h2-5,7,9-12,14,26H,6,8,13H2,1H3. The second kappa shape index (κ2) is 7.27. The van der Waals surface area contributed by atoms with Gasteiger partial charge < -0.3 is 9.88 Å². The van der Waals surface area contributed by atoms with Crippen molar-refractivity contribution in [3.05, 3.63) is 86.9 Å². The van der Waals surface area contributed by atoms with Crippen LogP contribution in [0.25, 0.3) is 27.7 Å². The minimum absolute atomic E-state index is 0.153. The van der Waals surface area contributed by atoms with Crippen LogP contribution in [0.2, 0.25) is 5.02 Å². The van der Waals surface area contributed by atoms with Gasteiger partial charge in [-0.15, -0.1) is 0 Å². The van der Waals surface area contributed by atoms with E-state index in [0.29, 0.717) is 21.7 Å². The van der Waals surface area contributed by atoms with Crippen LogP contribution < -0.4 is 10.9 Å². The average molecular weight is 418 g/mol. The zero-order chi connectivity index (χ0) is 20.8. The lowest BCUT2D eigenvalue weighted by Crippen LogP contribution is -2.24. The third-order valence-electron chi connectivity index (χ3n) is 5.91. The van der Waals surface area contributed by atoms with Crippen LogP contribution >= 0.6 is 11.6 Å². The zero-order valence-corrected chi connectivity index (χ0v) is 17.2. The maximum Gasteiger partial charge on any atom is 0.255 e. The third-order valence-corrected chi connectivity index (χ3v) is 6.15. The van der Waals surface area contributed by atoms with Gasteiger partial charge in [0.1, 0.15) is 0 Å². The number of aryl methyl sites for hydroxylation is 1. The molecule has 2 aromatic carbocycles. The second-order valence-electron chi connectivity index (χ2n) is 7.59. The number of aldehydes is 1. The first-order chi connectivity index (χ1) is 14.6. The Morgan fingerprint density at radius 3 is 2.77 bits per heavy atom. The maximum atomic E-state index is 12.9. The Hall–Kier alpha value is -3.15. The summed E-state index contributed by atoms with van der Waals surface area (Å²) in [6.07, 6.45) is 3.53. The molecule has 150 valence electrons. The molecule has 6 heteroatoms. The number of benzene rings is 2. The molecule has 2 aromatic heterocycles. The van der Waals surface area contributed by atoms with Crippen LogP contribution in [0, 0.1) is 0 Å². The van der Waals surface area contributed by atoms with Gasteiger partial charge in [0.05, 0.1) is 11.2 Å². The van der Waals surface area contributed by atoms with Crippen LogP contribution in [-0.2, 0) is 20.0 Å². The van der Waals surface area contributed by atoms with Crippen molar-refractivity contribution >= 4 is 28.8 Å². The third kappa shape index (κ3) is 2.98. The SMILES string of the molecule is Cn1c2c(c3ccc(-n4ccc(-c5ccc(Cl)cc5C=O)cc4=O)cc31)CCNC2. The molecule has 0 unspecified atom stereocenters. The predicted molar refractivity (Wildman–Crippen MR) is 120 cm³/mol. The summed E-state index contributed by atoms with van der Waals surface area (Å²) in [5.41, 5.74) is 6.33. The quantitative estimate of drug-likeness (QED) is 0.510. The number of nitrogens with zero attached hydrogens (tertiary/aromatic N) is 2. The van der Waals surface area contributed by atoms with E-state index in [4.69, 9.17) is 11.6 Å². The van der Waals surface area contributed by atoms with Gasteiger partial charge in [-0.05, 0) is 60.0 Å². The van der Waals surface area contributed by atoms with Gasteiger partial charge in [-0.2, -0.15) is 0 Å². The summed E-state index contributed by atoms with van der Waals surface area (Å²) in [5, 5.41) is 5.16. The lowest BCUT2D eigenvalue weighted by molar-refractivity contribution is 0.112. The number of hydrogen-bond donors (Lipinski definition) is 1. The first kappa shape index (κ1) is 18.9. The fraction of sp³-hybridized carbons (Fsp3) is 0.167. The minimum Gasteiger partial charge on any atom is -0.346 e. The highest BCUT2D eigenvalue weighted by Crippen LogP contribution is 2.30. The van der Waals surface area contributed by atoms with Crippen LogP contribution in [0.1, 0.15) is 21.6 Å². The molecule has 5 nitrogen and oxygen atoms in total. The zero-order valence-electron chi connectivity index (χ0n) is 16.5. The molecule has 0 atom stereocenters. The van der Waals surface area contributed by atoms with Crippen molar-refractivity contribution in [1.29, 1.82) is 0 Å². The minimum atomic E-state index is -0.153. The van der Waals surface area contributed by atoms with Crippen molar-refractivity contribution in [2.45, 2.75) is 13.0 Å². The molecule has 0 aliphatic carbocycles. The molecule has 1 aliphatic heterocycles. The lowest BCUT2D eigenvalue weighted by Gasteiger charge is -2.14. The van der Waals surface area contributed by atoms with Crippen molar-refractivity contribution in [2.75, 3.05) is 6.54 Å². The van der Waals surface area contributed by atoms with E-state index >= 15 is 0 Å². The normalized spacial score (nSPS) is 13.4. The van der Waals surface area contributed by atoms with E-state index in [2.05, 4.69) is 29.1 Å². The first-order valence-electron chi connectivity index (χ1n) is 9.86. The Kier molecular flexibility index (Phi) is 4.57. The number of halogens is 1. The molecule has 0 saturated carbocycles. The van der Waals surface area contributed by atoms with Gasteiger partial charge in [0.2, 0.25) is 0 Å². The number of pyridine rings is 1. The molecule has 4 aromatic rings. The highest BCUT2D eigenvalue weighted by Gasteiger charge is 2.18. The lowest BCUT2D eigenvalue weighted by atomic mass is 10.0. The number of hydrogen-bond acceptors (Lipinski definition) is 3. The van der Waals surface area contributed by atoms with E-state index in [9.17, 15) is 9.59 Å². The van der Waals surface area contributed by atoms with Gasteiger partial charge in [-0.1, -0.05) is 23.7 Å². The van der Waals surface area contributed by atoms with E-state index < -0.39 is 0 Å². The molecule has 1 aliphatic rings. The van der Waals surface area contributed by atoms with E-state index in [1.807, 2.05) is 12.1 Å². The predicted octanol–water partition coefficient (Wildman–Crippen LogP) is 4.11. The monoisotopic (exact) mass is 417 g/mol. The molecule has 0 spiro atoms. The fourth-order valence-corrected chi connectivity index (χ4v) is 4.56. The molecular weight excluding hydrogens is 398 g/mol. The molecule has 0 radical (unpaired) electrons. The Morgan fingerprint density at radius 1 is 1.10 bits per heavy atom. The maximum absolute atomic E-state index is 12.9. The number of rotatable bonds is 3. The number of carbonyl (C=O) groups is 1. The van der Waals surface area contributed by atoms with Crippen molar-refractivity contribution < 1.29 is 4.79 Å².